The van der Waals surface area contributed by atoms with Gasteiger partial charge in [-0.05, 0) is 23.6 Å². The molecule has 3 nitrogen and oxygen atoms in total. The van der Waals surface area contributed by atoms with Crippen LogP contribution in [-0.2, 0) is 4.79 Å². The monoisotopic (exact) mass is 310 g/mol. The number of amides is 1. The largest absolute Gasteiger partial charge is 0.334 e. The summed E-state index contributed by atoms with van der Waals surface area (Å²) in [7, 11) is 0. The minimum Gasteiger partial charge on any atom is -0.334 e. The first-order valence-electron chi connectivity index (χ1n) is 6.29. The van der Waals surface area contributed by atoms with Gasteiger partial charge < -0.3 is 10.6 Å². The molecular weight excluding hydrogens is 292 g/mol. The molecule has 18 heavy (non-hydrogen) atoms. The molecule has 1 aliphatic rings. The van der Waals surface area contributed by atoms with E-state index >= 15 is 0 Å². The van der Waals surface area contributed by atoms with Crippen LogP contribution in [0.25, 0.3) is 0 Å². The molecule has 1 saturated heterocycles. The zero-order valence-electron chi connectivity index (χ0n) is 10.8. The number of likely N-dealkylation sites (tertiary alicyclic amines) is 1. The van der Waals surface area contributed by atoms with Crippen LogP contribution in [0.3, 0.4) is 0 Å². The fraction of sp³-hybridized carbons (Fsp3) is 0.500. The third kappa shape index (κ3) is 2.75. The van der Waals surface area contributed by atoms with Crippen LogP contribution >= 0.6 is 15.9 Å². The lowest BCUT2D eigenvalue weighted by Crippen LogP contribution is -2.35. The number of nitrogens with zero attached hydrogens (tertiary/aromatic N) is 1. The van der Waals surface area contributed by atoms with Gasteiger partial charge in [0.05, 0.1) is 6.04 Å². The average molecular weight is 311 g/mol. The van der Waals surface area contributed by atoms with Crippen molar-refractivity contribution in [2.45, 2.75) is 32.4 Å². The van der Waals surface area contributed by atoms with Crippen LogP contribution in [0.1, 0.15) is 31.9 Å². The molecule has 1 heterocycles. The summed E-state index contributed by atoms with van der Waals surface area (Å²) in [6.07, 6.45) is 0.452. The topological polar surface area (TPSA) is 46.3 Å². The van der Waals surface area contributed by atoms with Gasteiger partial charge in [-0.1, -0.05) is 41.9 Å². The second-order valence-electron chi connectivity index (χ2n) is 5.30. The van der Waals surface area contributed by atoms with E-state index in [2.05, 4.69) is 29.8 Å². The summed E-state index contributed by atoms with van der Waals surface area (Å²) in [6, 6.07) is 8.00. The highest BCUT2D eigenvalue weighted by Crippen LogP contribution is 2.33. The molecule has 0 aromatic heterocycles. The fourth-order valence-electron chi connectivity index (χ4n) is 2.51. The quantitative estimate of drug-likeness (QED) is 0.933. The minimum atomic E-state index is -0.0996. The molecular formula is C14H19BrN2O. The van der Waals surface area contributed by atoms with E-state index < -0.39 is 0 Å². The summed E-state index contributed by atoms with van der Waals surface area (Å²) >= 11 is 3.42. The summed E-state index contributed by atoms with van der Waals surface area (Å²) in [5.74, 6) is 0.626. The number of benzene rings is 1. The average Bonchev–Trinajstić information content (AvgIpc) is 2.55. The van der Waals surface area contributed by atoms with Crippen molar-refractivity contribution in [3.05, 3.63) is 34.3 Å². The van der Waals surface area contributed by atoms with E-state index in [1.54, 1.807) is 0 Å². The lowest BCUT2D eigenvalue weighted by molar-refractivity contribution is -0.129. The fourth-order valence-corrected chi connectivity index (χ4v) is 2.78. The summed E-state index contributed by atoms with van der Waals surface area (Å²) in [5, 5.41) is 0. The second-order valence-corrected chi connectivity index (χ2v) is 6.22. The Balaban J connectivity index is 2.27. The summed E-state index contributed by atoms with van der Waals surface area (Å²) < 4.78 is 1.04. The maximum Gasteiger partial charge on any atom is 0.224 e. The van der Waals surface area contributed by atoms with Crippen LogP contribution in [0.2, 0.25) is 0 Å². The first-order chi connectivity index (χ1) is 8.49. The van der Waals surface area contributed by atoms with Crippen molar-refractivity contribution < 1.29 is 4.79 Å². The van der Waals surface area contributed by atoms with E-state index in [1.807, 2.05) is 29.2 Å². The summed E-state index contributed by atoms with van der Waals surface area (Å²) in [4.78, 5) is 13.9. The normalized spacial score (nSPS) is 24.1. The Hall–Kier alpha value is -0.870. The Morgan fingerprint density at radius 2 is 2.00 bits per heavy atom. The van der Waals surface area contributed by atoms with Crippen LogP contribution < -0.4 is 5.73 Å². The van der Waals surface area contributed by atoms with Gasteiger partial charge in [-0.2, -0.15) is 0 Å². The summed E-state index contributed by atoms with van der Waals surface area (Å²) in [6.45, 7) is 5.01. The molecule has 0 saturated carbocycles. The van der Waals surface area contributed by atoms with E-state index in [0.29, 0.717) is 12.3 Å². The van der Waals surface area contributed by atoms with Crippen LogP contribution in [-0.4, -0.2) is 23.4 Å². The molecule has 0 bridgehead atoms. The number of hydrogen-bond acceptors (Lipinski definition) is 2. The maximum atomic E-state index is 12.0. The molecule has 2 unspecified atom stereocenters. The molecule has 1 fully saturated rings. The Labute approximate surface area is 116 Å². The SMILES string of the molecule is CC(C)CN1C(=O)CC(N)C1c1ccc(Br)cc1. The van der Waals surface area contributed by atoms with Crippen molar-refractivity contribution in [1.82, 2.24) is 4.90 Å². The number of hydrogen-bond donors (Lipinski definition) is 1. The standard InChI is InChI=1S/C14H19BrN2O/c1-9(2)8-17-13(18)7-12(16)14(17)10-3-5-11(15)6-4-10/h3-6,9,12,14H,7-8,16H2,1-2H3. The van der Waals surface area contributed by atoms with Crippen LogP contribution in [0.4, 0.5) is 0 Å². The van der Waals surface area contributed by atoms with Gasteiger partial charge in [0.15, 0.2) is 0 Å². The molecule has 1 amide bonds. The first kappa shape index (κ1) is 13.6. The third-order valence-electron chi connectivity index (χ3n) is 3.25. The number of carbonyl (C=O) groups excluding carboxylic acids is 1. The van der Waals surface area contributed by atoms with E-state index in [0.717, 1.165) is 16.6 Å². The minimum absolute atomic E-state index is 0.0213. The maximum absolute atomic E-state index is 12.0. The highest BCUT2D eigenvalue weighted by Gasteiger charge is 2.38. The number of halogens is 1. The van der Waals surface area contributed by atoms with Gasteiger partial charge in [-0.15, -0.1) is 0 Å². The highest BCUT2D eigenvalue weighted by atomic mass is 79.9. The lowest BCUT2D eigenvalue weighted by atomic mass is 10.0. The van der Waals surface area contributed by atoms with Crippen molar-refractivity contribution in [2.75, 3.05) is 6.54 Å². The molecule has 0 radical (unpaired) electrons. The Morgan fingerprint density at radius 1 is 1.39 bits per heavy atom. The molecule has 0 spiro atoms. The van der Waals surface area contributed by atoms with Gasteiger partial charge >= 0.3 is 0 Å². The number of carbonyl (C=O) groups is 1. The van der Waals surface area contributed by atoms with E-state index in [9.17, 15) is 4.79 Å². The predicted octanol–water partition coefficient (Wildman–Crippen LogP) is 2.71. The van der Waals surface area contributed by atoms with E-state index in [1.165, 1.54) is 0 Å². The third-order valence-corrected chi connectivity index (χ3v) is 3.77. The zero-order chi connectivity index (χ0) is 13.3. The molecule has 0 aliphatic carbocycles. The van der Waals surface area contributed by atoms with Gasteiger partial charge in [0.25, 0.3) is 0 Å². The van der Waals surface area contributed by atoms with Crippen LogP contribution in [0.15, 0.2) is 28.7 Å². The van der Waals surface area contributed by atoms with Crippen LogP contribution in [0.5, 0.6) is 0 Å². The number of nitrogens with two attached hydrogens (primary N) is 1. The molecule has 2 rings (SSSR count). The highest BCUT2D eigenvalue weighted by molar-refractivity contribution is 9.10. The van der Waals surface area contributed by atoms with Gasteiger partial charge in [0, 0.05) is 23.5 Å². The molecule has 1 aliphatic heterocycles. The van der Waals surface area contributed by atoms with Gasteiger partial charge in [-0.25, -0.2) is 0 Å². The van der Waals surface area contributed by atoms with Crippen molar-refractivity contribution >= 4 is 21.8 Å². The Kier molecular flexibility index (Phi) is 4.07. The van der Waals surface area contributed by atoms with Gasteiger partial charge in [-0.3, -0.25) is 4.79 Å². The van der Waals surface area contributed by atoms with Crippen molar-refractivity contribution in [3.8, 4) is 0 Å². The number of rotatable bonds is 3. The molecule has 2 N–H and O–H groups in total. The van der Waals surface area contributed by atoms with Gasteiger partial charge in [0.1, 0.15) is 0 Å². The predicted molar refractivity (Wildman–Crippen MR) is 76.0 cm³/mol. The second kappa shape index (κ2) is 5.41. The van der Waals surface area contributed by atoms with Crippen molar-refractivity contribution in [3.63, 3.8) is 0 Å². The van der Waals surface area contributed by atoms with Crippen LogP contribution in [0, 0.1) is 5.92 Å². The van der Waals surface area contributed by atoms with Crippen molar-refractivity contribution in [2.24, 2.45) is 11.7 Å². The smallest absolute Gasteiger partial charge is 0.224 e. The Morgan fingerprint density at radius 3 is 2.56 bits per heavy atom. The van der Waals surface area contributed by atoms with Crippen molar-refractivity contribution in [1.29, 1.82) is 0 Å². The molecule has 2 atom stereocenters. The van der Waals surface area contributed by atoms with E-state index in [4.69, 9.17) is 5.73 Å². The molecule has 1 aromatic carbocycles. The lowest BCUT2D eigenvalue weighted by Gasteiger charge is -2.28. The summed E-state index contributed by atoms with van der Waals surface area (Å²) in [5.41, 5.74) is 7.25. The Bertz CT molecular complexity index is 430. The van der Waals surface area contributed by atoms with Gasteiger partial charge in [0.2, 0.25) is 5.91 Å². The zero-order valence-corrected chi connectivity index (χ0v) is 12.4. The first-order valence-corrected chi connectivity index (χ1v) is 7.09. The molecule has 1 aromatic rings. The molecule has 4 heteroatoms. The van der Waals surface area contributed by atoms with E-state index in [-0.39, 0.29) is 18.0 Å². The molecule has 98 valence electrons.